The molecule has 4 rings (SSSR count). The maximum absolute atomic E-state index is 12.9. The van der Waals surface area contributed by atoms with Crippen LogP contribution in [-0.2, 0) is 6.42 Å². The van der Waals surface area contributed by atoms with Gasteiger partial charge >= 0.3 is 0 Å². The van der Waals surface area contributed by atoms with Gasteiger partial charge < -0.3 is 15.1 Å². The monoisotopic (exact) mass is 406 g/mol. The number of piperazine rings is 1. The van der Waals surface area contributed by atoms with Gasteiger partial charge in [-0.25, -0.2) is 0 Å². The zero-order chi connectivity index (χ0) is 21.3. The van der Waals surface area contributed by atoms with Crippen LogP contribution >= 0.6 is 0 Å². The highest BCUT2D eigenvalue weighted by Crippen LogP contribution is 2.31. The van der Waals surface area contributed by atoms with E-state index in [1.807, 2.05) is 18.2 Å². The summed E-state index contributed by atoms with van der Waals surface area (Å²) in [6, 6.07) is 13.0. The van der Waals surface area contributed by atoms with Crippen LogP contribution in [0.25, 0.3) is 0 Å². The topological polar surface area (TPSA) is 38.8 Å². The molecule has 30 heavy (non-hydrogen) atoms. The molecule has 0 aromatic heterocycles. The molecule has 0 aliphatic carbocycles. The van der Waals surface area contributed by atoms with Crippen molar-refractivity contribution in [3.8, 4) is 0 Å². The zero-order valence-corrected chi connectivity index (χ0v) is 18.7. The van der Waals surface area contributed by atoms with E-state index in [1.54, 1.807) is 0 Å². The van der Waals surface area contributed by atoms with Gasteiger partial charge in [-0.15, -0.1) is 0 Å². The number of carbonyl (C=O) groups is 1. The maximum Gasteiger partial charge on any atom is 0.251 e. The summed E-state index contributed by atoms with van der Waals surface area (Å²) in [6.07, 6.45) is 1.10. The fourth-order valence-corrected chi connectivity index (χ4v) is 4.56. The summed E-state index contributed by atoms with van der Waals surface area (Å²) in [4.78, 5) is 20.1. The van der Waals surface area contributed by atoms with Gasteiger partial charge in [-0.05, 0) is 67.8 Å². The van der Waals surface area contributed by atoms with Gasteiger partial charge in [0.1, 0.15) is 0 Å². The molecule has 1 saturated heterocycles. The molecule has 2 aliphatic rings. The molecule has 0 spiro atoms. The van der Waals surface area contributed by atoms with E-state index in [2.05, 4.69) is 66.2 Å². The molecule has 1 N–H and O–H groups in total. The van der Waals surface area contributed by atoms with Crippen molar-refractivity contribution in [3.05, 3.63) is 64.2 Å². The molecule has 2 heterocycles. The molecular formula is C25H34N4O. The second kappa shape index (κ2) is 8.78. The van der Waals surface area contributed by atoms with Gasteiger partial charge in [0, 0.05) is 57.6 Å². The number of fused-ring (bicyclic) bond motifs is 1. The average Bonchev–Trinajstić information content (AvgIpc) is 3.11. The summed E-state index contributed by atoms with van der Waals surface area (Å²) in [5.41, 5.74) is 7.19. The number of hydrogen-bond acceptors (Lipinski definition) is 4. The number of likely N-dealkylation sites (N-methyl/N-ethyl adjacent to an activating group) is 2. The molecular weight excluding hydrogens is 372 g/mol. The van der Waals surface area contributed by atoms with Gasteiger partial charge in [0.25, 0.3) is 5.91 Å². The number of anilines is 1. The van der Waals surface area contributed by atoms with E-state index in [0.717, 1.165) is 50.3 Å². The Labute approximate surface area is 180 Å². The SMILES string of the molecule is Cc1ccc(C(=O)NC[C@H](c2ccc3c(c2)CCN3C)N2CCN(C)CC2)cc1C. The first-order chi connectivity index (χ1) is 14.4. The molecule has 1 fully saturated rings. The quantitative estimate of drug-likeness (QED) is 0.829. The predicted octanol–water partition coefficient (Wildman–Crippen LogP) is 3.01. The van der Waals surface area contributed by atoms with E-state index in [1.165, 1.54) is 22.4 Å². The van der Waals surface area contributed by atoms with Crippen LogP contribution in [0.2, 0.25) is 0 Å². The lowest BCUT2D eigenvalue weighted by Gasteiger charge is -2.38. The van der Waals surface area contributed by atoms with E-state index < -0.39 is 0 Å². The number of nitrogens with zero attached hydrogens (tertiary/aromatic N) is 3. The van der Waals surface area contributed by atoms with Crippen LogP contribution in [0, 0.1) is 13.8 Å². The van der Waals surface area contributed by atoms with Crippen LogP contribution in [0.15, 0.2) is 36.4 Å². The lowest BCUT2D eigenvalue weighted by Crippen LogP contribution is -2.48. The number of aryl methyl sites for hydroxylation is 2. The number of rotatable bonds is 5. The Morgan fingerprint density at radius 3 is 2.47 bits per heavy atom. The van der Waals surface area contributed by atoms with Gasteiger partial charge in [-0.2, -0.15) is 0 Å². The maximum atomic E-state index is 12.9. The lowest BCUT2D eigenvalue weighted by molar-refractivity contribution is 0.0886. The number of carbonyl (C=O) groups excluding carboxylic acids is 1. The Hall–Kier alpha value is -2.37. The van der Waals surface area contributed by atoms with Crippen molar-refractivity contribution >= 4 is 11.6 Å². The third-order valence-corrected chi connectivity index (χ3v) is 6.82. The average molecular weight is 407 g/mol. The molecule has 160 valence electrons. The summed E-state index contributed by atoms with van der Waals surface area (Å²) < 4.78 is 0. The van der Waals surface area contributed by atoms with Crippen molar-refractivity contribution in [2.45, 2.75) is 26.3 Å². The second-order valence-corrected chi connectivity index (χ2v) is 8.92. The summed E-state index contributed by atoms with van der Waals surface area (Å²) in [6.45, 7) is 10.0. The summed E-state index contributed by atoms with van der Waals surface area (Å²) in [5.74, 6) is 0.0121. The van der Waals surface area contributed by atoms with Crippen molar-refractivity contribution in [1.82, 2.24) is 15.1 Å². The Morgan fingerprint density at radius 2 is 1.73 bits per heavy atom. The minimum atomic E-state index is 0.0121. The summed E-state index contributed by atoms with van der Waals surface area (Å²) in [5, 5.41) is 3.22. The molecule has 5 heteroatoms. The molecule has 2 aromatic carbocycles. The Kier molecular flexibility index (Phi) is 6.11. The standard InChI is InChI=1S/C25H34N4O/c1-18-5-6-22(15-19(18)2)25(30)26-17-24(29-13-11-27(3)12-14-29)20-7-8-23-21(16-20)9-10-28(23)4/h5-8,15-16,24H,9-14,17H2,1-4H3,(H,26,30)/t24-/m1/s1. The van der Waals surface area contributed by atoms with Crippen LogP contribution in [0.4, 0.5) is 5.69 Å². The predicted molar refractivity (Wildman–Crippen MR) is 123 cm³/mol. The first-order valence-corrected chi connectivity index (χ1v) is 11.0. The zero-order valence-electron chi connectivity index (χ0n) is 18.7. The molecule has 0 saturated carbocycles. The molecule has 5 nitrogen and oxygen atoms in total. The van der Waals surface area contributed by atoms with Crippen LogP contribution < -0.4 is 10.2 Å². The van der Waals surface area contributed by atoms with Crippen LogP contribution in [0.1, 0.15) is 38.7 Å². The number of benzene rings is 2. The number of amides is 1. The van der Waals surface area contributed by atoms with Gasteiger partial charge in [-0.3, -0.25) is 9.69 Å². The van der Waals surface area contributed by atoms with Crippen molar-refractivity contribution in [2.24, 2.45) is 0 Å². The number of nitrogens with one attached hydrogen (secondary N) is 1. The number of hydrogen-bond donors (Lipinski definition) is 1. The fraction of sp³-hybridized carbons (Fsp3) is 0.480. The molecule has 1 atom stereocenters. The van der Waals surface area contributed by atoms with E-state index in [0.29, 0.717) is 6.54 Å². The third-order valence-electron chi connectivity index (χ3n) is 6.82. The smallest absolute Gasteiger partial charge is 0.251 e. The van der Waals surface area contributed by atoms with Crippen molar-refractivity contribution in [2.75, 3.05) is 58.3 Å². The third kappa shape index (κ3) is 4.37. The van der Waals surface area contributed by atoms with E-state index in [4.69, 9.17) is 0 Å². The first kappa shape index (κ1) is 20.9. The van der Waals surface area contributed by atoms with E-state index >= 15 is 0 Å². The van der Waals surface area contributed by atoms with Gasteiger partial charge in [0.15, 0.2) is 0 Å². The minimum absolute atomic E-state index is 0.0121. The molecule has 2 aliphatic heterocycles. The fourth-order valence-electron chi connectivity index (χ4n) is 4.56. The van der Waals surface area contributed by atoms with Crippen LogP contribution in [0.3, 0.4) is 0 Å². The largest absolute Gasteiger partial charge is 0.374 e. The van der Waals surface area contributed by atoms with Crippen molar-refractivity contribution in [1.29, 1.82) is 0 Å². The van der Waals surface area contributed by atoms with Crippen molar-refractivity contribution < 1.29 is 4.79 Å². The lowest BCUT2D eigenvalue weighted by atomic mass is 9.99. The normalized spacial score (nSPS) is 18.3. The molecule has 1 amide bonds. The Bertz CT molecular complexity index is 917. The molecule has 2 aromatic rings. The first-order valence-electron chi connectivity index (χ1n) is 11.0. The highest BCUT2D eigenvalue weighted by molar-refractivity contribution is 5.94. The van der Waals surface area contributed by atoms with Gasteiger partial charge in [-0.1, -0.05) is 18.2 Å². The molecule has 0 radical (unpaired) electrons. The Morgan fingerprint density at radius 1 is 0.967 bits per heavy atom. The van der Waals surface area contributed by atoms with Gasteiger partial charge in [0.05, 0.1) is 6.04 Å². The van der Waals surface area contributed by atoms with E-state index in [-0.39, 0.29) is 11.9 Å². The summed E-state index contributed by atoms with van der Waals surface area (Å²) in [7, 11) is 4.34. The molecule has 0 bridgehead atoms. The summed E-state index contributed by atoms with van der Waals surface area (Å²) >= 11 is 0. The van der Waals surface area contributed by atoms with E-state index in [9.17, 15) is 4.79 Å². The van der Waals surface area contributed by atoms with Crippen LogP contribution in [0.5, 0.6) is 0 Å². The minimum Gasteiger partial charge on any atom is -0.374 e. The Balaban J connectivity index is 1.53. The molecule has 0 unspecified atom stereocenters. The van der Waals surface area contributed by atoms with Crippen LogP contribution in [-0.4, -0.2) is 69.1 Å². The highest BCUT2D eigenvalue weighted by atomic mass is 16.1. The second-order valence-electron chi connectivity index (χ2n) is 8.92. The van der Waals surface area contributed by atoms with Gasteiger partial charge in [0.2, 0.25) is 0 Å². The highest BCUT2D eigenvalue weighted by Gasteiger charge is 2.26. The van der Waals surface area contributed by atoms with Crippen molar-refractivity contribution in [3.63, 3.8) is 0 Å².